The number of hydrogen-bond donors (Lipinski definition) is 1. The summed E-state index contributed by atoms with van der Waals surface area (Å²) in [5.74, 6) is 0.620. The first-order chi connectivity index (χ1) is 13.0. The van der Waals surface area contributed by atoms with E-state index in [9.17, 15) is 9.59 Å². The van der Waals surface area contributed by atoms with Crippen molar-refractivity contribution in [3.05, 3.63) is 47.3 Å². The molecule has 0 radical (unpaired) electrons. The van der Waals surface area contributed by atoms with Crippen LogP contribution in [0.25, 0.3) is 0 Å². The number of amides is 2. The number of nitrogens with one attached hydrogen (secondary N) is 1. The van der Waals surface area contributed by atoms with Crippen molar-refractivity contribution in [1.29, 1.82) is 0 Å². The van der Waals surface area contributed by atoms with E-state index in [0.717, 1.165) is 17.7 Å². The van der Waals surface area contributed by atoms with Gasteiger partial charge in [-0.3, -0.25) is 9.59 Å². The predicted octanol–water partition coefficient (Wildman–Crippen LogP) is 2.57. The summed E-state index contributed by atoms with van der Waals surface area (Å²) < 4.78 is 0. The Bertz CT molecular complexity index is 829. The summed E-state index contributed by atoms with van der Waals surface area (Å²) >= 11 is 0. The molecule has 1 aromatic carbocycles. The molecule has 1 aliphatic rings. The number of benzene rings is 1. The van der Waals surface area contributed by atoms with Crippen LogP contribution in [0, 0.1) is 6.92 Å². The van der Waals surface area contributed by atoms with Crippen LogP contribution in [0.15, 0.2) is 30.5 Å². The lowest BCUT2D eigenvalue weighted by atomic mass is 9.98. The highest BCUT2D eigenvalue weighted by atomic mass is 16.2. The molecule has 0 saturated carbocycles. The van der Waals surface area contributed by atoms with E-state index in [2.05, 4.69) is 35.2 Å². The fraction of sp³-hybridized carbons (Fsp3) is 0.400. The highest BCUT2D eigenvalue weighted by molar-refractivity contribution is 5.92. The van der Waals surface area contributed by atoms with Gasteiger partial charge in [0.05, 0.1) is 0 Å². The number of aromatic nitrogens is 2. The number of rotatable bonds is 5. The lowest BCUT2D eigenvalue weighted by molar-refractivity contribution is -0.119. The van der Waals surface area contributed by atoms with Crippen LogP contribution in [0.4, 0.5) is 11.6 Å². The number of nitrogens with zero attached hydrogens (tertiary/aromatic N) is 4. The lowest BCUT2D eigenvalue weighted by Gasteiger charge is -2.32. The Morgan fingerprint density at radius 2 is 1.93 bits per heavy atom. The maximum Gasteiger partial charge on any atom is 0.272 e. The number of carbonyl (C=O) groups is 2. The molecule has 2 aromatic rings. The zero-order valence-electron chi connectivity index (χ0n) is 16.0. The monoisotopic (exact) mass is 367 g/mol. The summed E-state index contributed by atoms with van der Waals surface area (Å²) in [4.78, 5) is 35.7. The molecule has 7 heteroatoms. The summed E-state index contributed by atoms with van der Waals surface area (Å²) in [7, 11) is 0. The van der Waals surface area contributed by atoms with E-state index in [1.807, 2.05) is 19.1 Å². The third-order valence-corrected chi connectivity index (χ3v) is 4.79. The second-order valence-corrected chi connectivity index (χ2v) is 7.02. The van der Waals surface area contributed by atoms with Crippen molar-refractivity contribution in [3.8, 4) is 0 Å². The molecule has 7 nitrogen and oxygen atoms in total. The minimum Gasteiger partial charge on any atom is -0.342 e. The smallest absolute Gasteiger partial charge is 0.272 e. The van der Waals surface area contributed by atoms with Gasteiger partial charge in [-0.25, -0.2) is 9.97 Å². The number of carbonyl (C=O) groups excluding carboxylic acids is 2. The Morgan fingerprint density at radius 1 is 1.19 bits per heavy atom. The molecule has 1 aliphatic heterocycles. The quantitative estimate of drug-likeness (QED) is 0.822. The maximum atomic E-state index is 12.7. The maximum absolute atomic E-state index is 12.7. The molecule has 1 N–H and O–H groups in total. The van der Waals surface area contributed by atoms with E-state index >= 15 is 0 Å². The van der Waals surface area contributed by atoms with Gasteiger partial charge in [-0.15, -0.1) is 0 Å². The molecule has 0 bridgehead atoms. The number of hydrogen-bond acceptors (Lipinski definition) is 5. The highest BCUT2D eigenvalue weighted by Gasteiger charge is 2.22. The summed E-state index contributed by atoms with van der Waals surface area (Å²) in [5.41, 5.74) is 3.62. The van der Waals surface area contributed by atoms with Gasteiger partial charge >= 0.3 is 0 Å². The van der Waals surface area contributed by atoms with Crippen LogP contribution in [0.2, 0.25) is 0 Å². The van der Waals surface area contributed by atoms with E-state index < -0.39 is 0 Å². The van der Waals surface area contributed by atoms with Crippen LogP contribution in [-0.4, -0.2) is 58.3 Å². The van der Waals surface area contributed by atoms with Gasteiger partial charge in [0.1, 0.15) is 5.69 Å². The Hall–Kier alpha value is -2.96. The van der Waals surface area contributed by atoms with Gasteiger partial charge in [0.15, 0.2) is 0 Å². The molecule has 2 amide bonds. The Labute approximate surface area is 159 Å². The minimum absolute atomic E-state index is 0.139. The summed E-state index contributed by atoms with van der Waals surface area (Å²) in [6.07, 6.45) is 2.42. The van der Waals surface area contributed by atoms with Crippen LogP contribution in [-0.2, 0) is 4.79 Å². The van der Waals surface area contributed by atoms with Crippen LogP contribution < -0.4 is 5.32 Å². The second kappa shape index (κ2) is 8.16. The van der Waals surface area contributed by atoms with Crippen LogP contribution in [0.1, 0.15) is 41.4 Å². The lowest BCUT2D eigenvalue weighted by Crippen LogP contribution is -2.48. The largest absolute Gasteiger partial charge is 0.342 e. The zero-order chi connectivity index (χ0) is 19.4. The van der Waals surface area contributed by atoms with Crippen LogP contribution >= 0.6 is 0 Å². The average Bonchev–Trinajstić information content (AvgIpc) is 2.69. The van der Waals surface area contributed by atoms with Crippen molar-refractivity contribution in [2.75, 3.05) is 31.5 Å². The molecule has 3 rings (SSSR count). The Kier molecular flexibility index (Phi) is 5.69. The van der Waals surface area contributed by atoms with Crippen molar-refractivity contribution in [2.24, 2.45) is 0 Å². The van der Waals surface area contributed by atoms with Gasteiger partial charge in [-0.05, 0) is 30.0 Å². The van der Waals surface area contributed by atoms with E-state index in [1.54, 1.807) is 22.1 Å². The number of anilines is 2. The van der Waals surface area contributed by atoms with Gasteiger partial charge in [-0.1, -0.05) is 32.0 Å². The number of para-hydroxylation sites is 1. The highest BCUT2D eigenvalue weighted by Crippen LogP contribution is 2.29. The molecule has 1 saturated heterocycles. The third-order valence-electron chi connectivity index (χ3n) is 4.79. The SMILES string of the molecule is Cc1cccc(C(C)C)c1Nc1nccc(C(=O)N2CCN(C=O)CC2)n1. The third kappa shape index (κ3) is 4.24. The van der Waals surface area contributed by atoms with Gasteiger partial charge in [0.2, 0.25) is 12.4 Å². The van der Waals surface area contributed by atoms with E-state index in [0.29, 0.717) is 43.7 Å². The standard InChI is InChI=1S/C20H25N5O2/c1-14(2)16-6-4-5-15(3)18(16)23-20-21-8-7-17(22-20)19(27)25-11-9-24(13-26)10-12-25/h4-8,13-14H,9-12H2,1-3H3,(H,21,22,23). The summed E-state index contributed by atoms with van der Waals surface area (Å²) in [6.45, 7) is 8.44. The van der Waals surface area contributed by atoms with Gasteiger partial charge < -0.3 is 15.1 Å². The zero-order valence-corrected chi connectivity index (χ0v) is 16.0. The van der Waals surface area contributed by atoms with Gasteiger partial charge in [0.25, 0.3) is 5.91 Å². The summed E-state index contributed by atoms with van der Waals surface area (Å²) in [6, 6.07) is 7.79. The average molecular weight is 367 g/mol. The first kappa shape index (κ1) is 18.8. The molecule has 142 valence electrons. The molecule has 0 aliphatic carbocycles. The van der Waals surface area contributed by atoms with Crippen molar-refractivity contribution in [2.45, 2.75) is 26.7 Å². The molecule has 0 atom stereocenters. The van der Waals surface area contributed by atoms with Crippen LogP contribution in [0.5, 0.6) is 0 Å². The molecular formula is C20H25N5O2. The second-order valence-electron chi connectivity index (χ2n) is 7.02. The molecule has 1 fully saturated rings. The van der Waals surface area contributed by atoms with Crippen molar-refractivity contribution < 1.29 is 9.59 Å². The van der Waals surface area contributed by atoms with E-state index in [4.69, 9.17) is 0 Å². The van der Waals surface area contributed by atoms with Gasteiger partial charge in [-0.2, -0.15) is 0 Å². The fourth-order valence-electron chi connectivity index (χ4n) is 3.18. The summed E-state index contributed by atoms with van der Waals surface area (Å²) in [5, 5.41) is 3.29. The molecular weight excluding hydrogens is 342 g/mol. The Balaban J connectivity index is 1.79. The minimum atomic E-state index is -0.139. The topological polar surface area (TPSA) is 78.4 Å². The van der Waals surface area contributed by atoms with E-state index in [-0.39, 0.29) is 5.91 Å². The normalized spacial score (nSPS) is 14.4. The number of piperazine rings is 1. The molecule has 2 heterocycles. The fourth-order valence-corrected chi connectivity index (χ4v) is 3.18. The molecule has 1 aromatic heterocycles. The van der Waals surface area contributed by atoms with Crippen LogP contribution in [0.3, 0.4) is 0 Å². The van der Waals surface area contributed by atoms with E-state index in [1.165, 1.54) is 5.56 Å². The first-order valence-corrected chi connectivity index (χ1v) is 9.17. The Morgan fingerprint density at radius 3 is 2.59 bits per heavy atom. The predicted molar refractivity (Wildman–Crippen MR) is 104 cm³/mol. The molecule has 0 unspecified atom stereocenters. The van der Waals surface area contributed by atoms with Gasteiger partial charge in [0, 0.05) is 38.1 Å². The molecule has 27 heavy (non-hydrogen) atoms. The van der Waals surface area contributed by atoms with Crippen molar-refractivity contribution in [1.82, 2.24) is 19.8 Å². The van der Waals surface area contributed by atoms with Crippen molar-refractivity contribution >= 4 is 24.0 Å². The first-order valence-electron chi connectivity index (χ1n) is 9.17. The molecule has 0 spiro atoms. The number of aryl methyl sites for hydroxylation is 1. The van der Waals surface area contributed by atoms with Crippen molar-refractivity contribution in [3.63, 3.8) is 0 Å².